The second-order valence-electron chi connectivity index (χ2n) is 5.31. The van der Waals surface area contributed by atoms with Crippen LogP contribution >= 0.6 is 39.9 Å². The highest BCUT2D eigenvalue weighted by atomic mass is 127. The van der Waals surface area contributed by atoms with E-state index in [1.165, 1.54) is 6.07 Å². The average molecular weight is 529 g/mol. The highest BCUT2D eigenvalue weighted by Gasteiger charge is 2.23. The standard InChI is InChI=1S/C16H22BrFN4O2.HI/c1-3-24-16(23)22-8-6-21(7-9-22)15(19-2)20-11-12-10-13(17)4-5-14(12)18;/h4-5,10H,3,6-9,11H2,1-2H3,(H,19,20);1H. The van der Waals surface area contributed by atoms with Gasteiger partial charge in [0, 0.05) is 49.8 Å². The second kappa shape index (κ2) is 10.8. The molecule has 1 amide bonds. The number of ether oxygens (including phenoxy) is 1. The molecule has 0 aliphatic carbocycles. The van der Waals surface area contributed by atoms with Crippen LogP contribution in [0.2, 0.25) is 0 Å². The van der Waals surface area contributed by atoms with Crippen LogP contribution in [0.1, 0.15) is 12.5 Å². The molecule has 0 bridgehead atoms. The molecule has 1 saturated heterocycles. The molecule has 1 fully saturated rings. The lowest BCUT2D eigenvalue weighted by Crippen LogP contribution is -2.53. The Morgan fingerprint density at radius 2 is 1.96 bits per heavy atom. The van der Waals surface area contributed by atoms with E-state index in [4.69, 9.17) is 4.74 Å². The molecule has 0 aromatic heterocycles. The van der Waals surface area contributed by atoms with Crippen molar-refractivity contribution in [2.24, 2.45) is 4.99 Å². The summed E-state index contributed by atoms with van der Waals surface area (Å²) in [5.41, 5.74) is 0.565. The lowest BCUT2D eigenvalue weighted by molar-refractivity contribution is 0.0914. The first-order chi connectivity index (χ1) is 11.5. The Kier molecular flexibility index (Phi) is 9.47. The number of amides is 1. The van der Waals surface area contributed by atoms with Crippen molar-refractivity contribution < 1.29 is 13.9 Å². The first-order valence-corrected chi connectivity index (χ1v) is 8.65. The molecule has 25 heavy (non-hydrogen) atoms. The smallest absolute Gasteiger partial charge is 0.409 e. The molecular formula is C16H23BrFIN4O2. The van der Waals surface area contributed by atoms with Crippen LogP contribution in [0.25, 0.3) is 0 Å². The van der Waals surface area contributed by atoms with Gasteiger partial charge in [0.25, 0.3) is 0 Å². The van der Waals surface area contributed by atoms with Crippen molar-refractivity contribution in [3.63, 3.8) is 0 Å². The quantitative estimate of drug-likeness (QED) is 0.372. The van der Waals surface area contributed by atoms with Crippen LogP contribution in [0.15, 0.2) is 27.7 Å². The van der Waals surface area contributed by atoms with E-state index in [0.29, 0.717) is 50.9 Å². The third kappa shape index (κ3) is 6.28. The summed E-state index contributed by atoms with van der Waals surface area (Å²) in [6.07, 6.45) is -0.281. The number of guanidine groups is 1. The molecule has 0 spiro atoms. The Hall–Kier alpha value is -1.10. The minimum absolute atomic E-state index is 0. The minimum atomic E-state index is -0.281. The number of nitrogens with one attached hydrogen (secondary N) is 1. The largest absolute Gasteiger partial charge is 0.450 e. The van der Waals surface area contributed by atoms with Crippen molar-refractivity contribution in [3.8, 4) is 0 Å². The van der Waals surface area contributed by atoms with Gasteiger partial charge in [-0.05, 0) is 25.1 Å². The summed E-state index contributed by atoms with van der Waals surface area (Å²) >= 11 is 3.35. The Bertz CT molecular complexity index is 610. The number of nitrogens with zero attached hydrogens (tertiary/aromatic N) is 3. The number of piperazine rings is 1. The van der Waals surface area contributed by atoms with Crippen molar-refractivity contribution in [1.82, 2.24) is 15.1 Å². The molecule has 1 aliphatic rings. The molecule has 140 valence electrons. The molecule has 0 unspecified atom stereocenters. The molecule has 9 heteroatoms. The number of carbonyl (C=O) groups is 1. The van der Waals surface area contributed by atoms with Gasteiger partial charge >= 0.3 is 6.09 Å². The van der Waals surface area contributed by atoms with E-state index in [1.54, 1.807) is 31.0 Å². The Morgan fingerprint density at radius 1 is 1.32 bits per heavy atom. The van der Waals surface area contributed by atoms with E-state index >= 15 is 0 Å². The third-order valence-electron chi connectivity index (χ3n) is 3.76. The highest BCUT2D eigenvalue weighted by molar-refractivity contribution is 14.0. The van der Waals surface area contributed by atoms with E-state index < -0.39 is 0 Å². The predicted molar refractivity (Wildman–Crippen MR) is 110 cm³/mol. The normalized spacial score (nSPS) is 14.8. The number of benzene rings is 1. The molecule has 1 heterocycles. The molecule has 1 N–H and O–H groups in total. The van der Waals surface area contributed by atoms with Crippen LogP contribution in [0.5, 0.6) is 0 Å². The molecular weight excluding hydrogens is 506 g/mol. The fourth-order valence-corrected chi connectivity index (χ4v) is 2.91. The van der Waals surface area contributed by atoms with E-state index in [-0.39, 0.29) is 35.9 Å². The third-order valence-corrected chi connectivity index (χ3v) is 4.25. The van der Waals surface area contributed by atoms with E-state index in [2.05, 4.69) is 26.2 Å². The zero-order chi connectivity index (χ0) is 17.5. The van der Waals surface area contributed by atoms with Crippen molar-refractivity contribution in [2.45, 2.75) is 13.5 Å². The van der Waals surface area contributed by atoms with Gasteiger partial charge in [-0.2, -0.15) is 0 Å². The highest BCUT2D eigenvalue weighted by Crippen LogP contribution is 2.15. The van der Waals surface area contributed by atoms with Crippen molar-refractivity contribution in [3.05, 3.63) is 34.1 Å². The predicted octanol–water partition coefficient (Wildman–Crippen LogP) is 3.06. The van der Waals surface area contributed by atoms with E-state index in [1.807, 2.05) is 4.90 Å². The minimum Gasteiger partial charge on any atom is -0.450 e. The molecule has 1 aromatic rings. The van der Waals surface area contributed by atoms with Gasteiger partial charge in [-0.25, -0.2) is 9.18 Å². The van der Waals surface area contributed by atoms with Crippen molar-refractivity contribution in [1.29, 1.82) is 0 Å². The number of aliphatic imine (C=N–C) groups is 1. The molecule has 6 nitrogen and oxygen atoms in total. The summed E-state index contributed by atoms with van der Waals surface area (Å²) in [7, 11) is 1.69. The van der Waals surface area contributed by atoms with Crippen LogP contribution in [0.4, 0.5) is 9.18 Å². The summed E-state index contributed by atoms with van der Waals surface area (Å²) in [5, 5.41) is 3.17. The zero-order valence-electron chi connectivity index (χ0n) is 14.3. The van der Waals surface area contributed by atoms with Gasteiger partial charge in [0.2, 0.25) is 0 Å². The molecule has 2 rings (SSSR count). The van der Waals surface area contributed by atoms with Crippen molar-refractivity contribution >= 4 is 52.0 Å². The van der Waals surface area contributed by atoms with Gasteiger partial charge in [0.1, 0.15) is 5.82 Å². The number of hydrogen-bond donors (Lipinski definition) is 1. The molecule has 1 aromatic carbocycles. The lowest BCUT2D eigenvalue weighted by atomic mass is 10.2. The molecule has 0 radical (unpaired) electrons. The number of hydrogen-bond acceptors (Lipinski definition) is 3. The summed E-state index contributed by atoms with van der Waals surface area (Å²) in [6.45, 7) is 4.96. The van der Waals surface area contributed by atoms with Crippen LogP contribution in [-0.4, -0.2) is 61.7 Å². The SMILES string of the molecule is CCOC(=O)N1CCN(C(=NC)NCc2cc(Br)ccc2F)CC1.I. The van der Waals surface area contributed by atoms with Crippen LogP contribution in [0.3, 0.4) is 0 Å². The number of halogens is 3. The lowest BCUT2D eigenvalue weighted by Gasteiger charge is -2.35. The maximum Gasteiger partial charge on any atom is 0.409 e. The second-order valence-corrected chi connectivity index (χ2v) is 6.23. The van der Waals surface area contributed by atoms with Gasteiger partial charge in [-0.3, -0.25) is 4.99 Å². The van der Waals surface area contributed by atoms with Gasteiger partial charge < -0.3 is 19.9 Å². The van der Waals surface area contributed by atoms with Gasteiger partial charge in [0.05, 0.1) is 6.61 Å². The maximum absolute atomic E-state index is 13.8. The van der Waals surface area contributed by atoms with Crippen molar-refractivity contribution in [2.75, 3.05) is 39.8 Å². The van der Waals surface area contributed by atoms with E-state index in [0.717, 1.165) is 4.47 Å². The monoisotopic (exact) mass is 528 g/mol. The zero-order valence-corrected chi connectivity index (χ0v) is 18.2. The van der Waals surface area contributed by atoms with Crippen LogP contribution < -0.4 is 5.32 Å². The Morgan fingerprint density at radius 3 is 2.56 bits per heavy atom. The molecule has 0 saturated carbocycles. The first kappa shape index (κ1) is 21.9. The maximum atomic E-state index is 13.8. The topological polar surface area (TPSA) is 57.2 Å². The first-order valence-electron chi connectivity index (χ1n) is 7.86. The average Bonchev–Trinajstić information content (AvgIpc) is 2.59. The summed E-state index contributed by atoms with van der Waals surface area (Å²) in [6, 6.07) is 4.85. The summed E-state index contributed by atoms with van der Waals surface area (Å²) in [4.78, 5) is 19.7. The van der Waals surface area contributed by atoms with Gasteiger partial charge in [-0.15, -0.1) is 24.0 Å². The van der Waals surface area contributed by atoms with Crippen LogP contribution in [0, 0.1) is 5.82 Å². The van der Waals surface area contributed by atoms with Gasteiger partial charge in [-0.1, -0.05) is 15.9 Å². The van der Waals surface area contributed by atoms with Crippen LogP contribution in [-0.2, 0) is 11.3 Å². The molecule has 1 aliphatic heterocycles. The Balaban J connectivity index is 0.00000312. The van der Waals surface area contributed by atoms with Gasteiger partial charge in [0.15, 0.2) is 5.96 Å². The molecule has 0 atom stereocenters. The number of carbonyl (C=O) groups excluding carboxylic acids is 1. The Labute approximate surface area is 172 Å². The van der Waals surface area contributed by atoms with E-state index in [9.17, 15) is 9.18 Å². The summed E-state index contributed by atoms with van der Waals surface area (Å²) < 4.78 is 19.6. The fourth-order valence-electron chi connectivity index (χ4n) is 2.50. The fraction of sp³-hybridized carbons (Fsp3) is 0.500. The number of rotatable bonds is 3. The summed E-state index contributed by atoms with van der Waals surface area (Å²) in [5.74, 6) is 0.436.